The number of carbonyl (C=O) groups is 4. The van der Waals surface area contributed by atoms with Crippen LogP contribution in [0.25, 0.3) is 0 Å². The number of phenolic OH excluding ortho intramolecular Hbond substituents is 1. The Kier molecular flexibility index (Phi) is 10.7. The van der Waals surface area contributed by atoms with Gasteiger partial charge in [-0.3, -0.25) is 24.1 Å². The topological polar surface area (TPSA) is 132 Å². The third kappa shape index (κ3) is 7.07. The molecular formula is C53H44ClN5O6. The third-order valence-electron chi connectivity index (χ3n) is 13.5. The maximum Gasteiger partial charge on any atom is 0.246 e. The number of rotatable bonds is 10. The maximum absolute atomic E-state index is 15.6. The Hall–Kier alpha value is -7.37. The summed E-state index contributed by atoms with van der Waals surface area (Å²) in [5.41, 5.74) is 4.11. The van der Waals surface area contributed by atoms with E-state index in [9.17, 15) is 14.7 Å². The van der Waals surface area contributed by atoms with Crippen molar-refractivity contribution in [2.24, 2.45) is 33.9 Å². The van der Waals surface area contributed by atoms with Gasteiger partial charge in [0.05, 0.1) is 45.9 Å². The first-order valence-electron chi connectivity index (χ1n) is 21.6. The second-order valence-electron chi connectivity index (χ2n) is 17.2. The Balaban J connectivity index is 1.04. The highest BCUT2D eigenvalue weighted by Gasteiger charge is 2.70. The molecule has 6 aromatic rings. The molecule has 10 rings (SSSR count). The van der Waals surface area contributed by atoms with E-state index in [0.29, 0.717) is 44.6 Å². The van der Waals surface area contributed by atoms with E-state index in [1.165, 1.54) is 15.9 Å². The lowest BCUT2D eigenvalue weighted by Crippen LogP contribution is -2.53. The van der Waals surface area contributed by atoms with Crippen molar-refractivity contribution in [3.63, 3.8) is 0 Å². The summed E-state index contributed by atoms with van der Waals surface area (Å²) in [5, 5.41) is 21.2. The number of allylic oxidation sites excluding steroid dienone is 2. The van der Waals surface area contributed by atoms with E-state index < -0.39 is 46.8 Å². The Labute approximate surface area is 381 Å². The predicted molar refractivity (Wildman–Crippen MR) is 249 cm³/mol. The molecule has 6 atom stereocenters. The van der Waals surface area contributed by atoms with Gasteiger partial charge in [-0.2, -0.15) is 10.2 Å². The lowest BCUT2D eigenvalue weighted by Gasteiger charge is -2.50. The Morgan fingerprint density at radius 2 is 1.38 bits per heavy atom. The summed E-state index contributed by atoms with van der Waals surface area (Å²) in [5.74, 6) is -5.40. The lowest BCUT2D eigenvalue weighted by atomic mass is 9.49. The van der Waals surface area contributed by atoms with Crippen molar-refractivity contribution in [1.82, 2.24) is 0 Å². The number of ether oxygens (including phenoxy) is 1. The van der Waals surface area contributed by atoms with Gasteiger partial charge >= 0.3 is 0 Å². The molecule has 0 unspecified atom stereocenters. The summed E-state index contributed by atoms with van der Waals surface area (Å²) in [6.45, 7) is 0.266. The van der Waals surface area contributed by atoms with Gasteiger partial charge in [0.25, 0.3) is 0 Å². The molecule has 65 heavy (non-hydrogen) atoms. The fraction of sp³-hybridized carbons (Fsp3) is 0.208. The van der Waals surface area contributed by atoms with Crippen molar-refractivity contribution in [2.75, 3.05) is 28.8 Å². The zero-order chi connectivity index (χ0) is 45.0. The van der Waals surface area contributed by atoms with Gasteiger partial charge in [-0.15, -0.1) is 0 Å². The average molecular weight is 882 g/mol. The third-order valence-corrected chi connectivity index (χ3v) is 13.7. The fourth-order valence-electron chi connectivity index (χ4n) is 10.5. The minimum atomic E-state index is -1.55. The van der Waals surface area contributed by atoms with Crippen LogP contribution in [0, 0.1) is 23.7 Å². The number of hydrogen-bond donors (Lipinski definition) is 1. The lowest BCUT2D eigenvalue weighted by molar-refractivity contribution is -0.127. The molecule has 0 aromatic heterocycles. The summed E-state index contributed by atoms with van der Waals surface area (Å²) in [4.78, 5) is 64.6. The number of carbonyl (C=O) groups excluding carboxylic acids is 4. The van der Waals surface area contributed by atoms with Crippen molar-refractivity contribution in [2.45, 2.75) is 30.8 Å². The SMILES string of the molecule is CN(C)c1ccc(N=Nc2ccc(N3C(=O)[C@H]4[C@H](CC=C5[C@H]4C[C@H]4C(=O)N(c6cccc(Cl)c6)C(=O)[C@@]4(c4ccccc4)[C@H]5c4ccc(OCc5ccccc5)cc4O)C3=O)cc2)cc1. The molecule has 2 heterocycles. The van der Waals surface area contributed by atoms with E-state index in [1.807, 2.05) is 110 Å². The molecule has 11 nitrogen and oxygen atoms in total. The molecule has 4 aliphatic rings. The molecule has 0 radical (unpaired) electrons. The molecule has 3 fully saturated rings. The number of amides is 4. The van der Waals surface area contributed by atoms with Crippen molar-refractivity contribution < 1.29 is 29.0 Å². The zero-order valence-electron chi connectivity index (χ0n) is 35.6. The van der Waals surface area contributed by atoms with Gasteiger partial charge in [0.2, 0.25) is 23.6 Å². The monoisotopic (exact) mass is 881 g/mol. The average Bonchev–Trinajstić information content (AvgIpc) is 3.72. The summed E-state index contributed by atoms with van der Waals surface area (Å²) >= 11 is 6.48. The van der Waals surface area contributed by atoms with Gasteiger partial charge in [-0.25, -0.2) is 4.90 Å². The van der Waals surface area contributed by atoms with Crippen LogP contribution in [-0.2, 0) is 31.2 Å². The molecular weight excluding hydrogens is 838 g/mol. The van der Waals surface area contributed by atoms with Crippen LogP contribution in [0.2, 0.25) is 5.02 Å². The Morgan fingerprint density at radius 1 is 0.708 bits per heavy atom. The highest BCUT2D eigenvalue weighted by atomic mass is 35.5. The van der Waals surface area contributed by atoms with Crippen LogP contribution in [0.3, 0.4) is 0 Å². The molecule has 2 aliphatic carbocycles. The summed E-state index contributed by atoms with van der Waals surface area (Å²) in [6.07, 6.45) is 2.31. The van der Waals surface area contributed by atoms with Crippen LogP contribution in [-0.4, -0.2) is 42.8 Å². The maximum atomic E-state index is 15.6. The molecule has 0 spiro atoms. The minimum absolute atomic E-state index is 0.112. The largest absolute Gasteiger partial charge is 0.508 e. The van der Waals surface area contributed by atoms with E-state index >= 15 is 9.59 Å². The zero-order valence-corrected chi connectivity index (χ0v) is 36.4. The number of fused-ring (bicyclic) bond motifs is 4. The molecule has 1 N–H and O–H groups in total. The Morgan fingerprint density at radius 3 is 2.05 bits per heavy atom. The van der Waals surface area contributed by atoms with Crippen LogP contribution in [0.1, 0.15) is 35.4 Å². The first kappa shape index (κ1) is 41.6. The highest BCUT2D eigenvalue weighted by molar-refractivity contribution is 6.32. The van der Waals surface area contributed by atoms with Crippen LogP contribution in [0.15, 0.2) is 174 Å². The predicted octanol–water partition coefficient (Wildman–Crippen LogP) is 10.5. The van der Waals surface area contributed by atoms with E-state index in [-0.39, 0.29) is 37.0 Å². The van der Waals surface area contributed by atoms with E-state index in [1.54, 1.807) is 60.7 Å². The number of aromatic hydroxyl groups is 1. The van der Waals surface area contributed by atoms with E-state index in [2.05, 4.69) is 10.2 Å². The summed E-state index contributed by atoms with van der Waals surface area (Å²) < 4.78 is 6.11. The molecule has 1 saturated carbocycles. The first-order chi connectivity index (χ1) is 31.5. The fourth-order valence-corrected chi connectivity index (χ4v) is 10.7. The van der Waals surface area contributed by atoms with Gasteiger partial charge < -0.3 is 14.7 Å². The molecule has 0 bridgehead atoms. The number of halogens is 1. The number of imide groups is 2. The standard InChI is InChI=1S/C53H44ClN5O6/c1-57(2)37-20-16-35(17-21-37)55-56-36-18-22-38(23-19-36)58-49(61)43-27-26-41-44(47(43)51(58)63)30-45-50(62)59(39-15-9-14-34(54)28-39)52(64)53(45,33-12-7-4-8-13-33)48(41)42-25-24-40(29-46(42)60)65-31-32-10-5-3-6-11-32/h3-26,28-29,43-45,47-48,60H,27,30-31H2,1-2H3/t43-,44+,45-,47-,48+,53+/m0/s1. The van der Waals surface area contributed by atoms with Gasteiger partial charge in [-0.05, 0) is 103 Å². The summed E-state index contributed by atoms with van der Waals surface area (Å²) in [6, 6.07) is 45.0. The van der Waals surface area contributed by atoms with Crippen molar-refractivity contribution in [3.8, 4) is 11.5 Å². The molecule has 4 amide bonds. The molecule has 324 valence electrons. The van der Waals surface area contributed by atoms with Gasteiger partial charge in [-0.1, -0.05) is 96.0 Å². The van der Waals surface area contributed by atoms with Gasteiger partial charge in [0.1, 0.15) is 18.1 Å². The molecule has 2 saturated heterocycles. The minimum Gasteiger partial charge on any atom is -0.508 e. The van der Waals surface area contributed by atoms with E-state index in [4.69, 9.17) is 16.3 Å². The van der Waals surface area contributed by atoms with Crippen molar-refractivity contribution >= 4 is 63.7 Å². The van der Waals surface area contributed by atoms with E-state index in [0.717, 1.165) is 16.8 Å². The summed E-state index contributed by atoms with van der Waals surface area (Å²) in [7, 11) is 3.93. The number of anilines is 3. The molecule has 6 aromatic carbocycles. The molecule has 12 heteroatoms. The van der Waals surface area contributed by atoms with Crippen LogP contribution in [0.4, 0.5) is 28.4 Å². The highest BCUT2D eigenvalue weighted by Crippen LogP contribution is 2.65. The Bertz CT molecular complexity index is 2910. The number of azo groups is 1. The molecule has 2 aliphatic heterocycles. The van der Waals surface area contributed by atoms with Gasteiger partial charge in [0, 0.05) is 42.4 Å². The van der Waals surface area contributed by atoms with Crippen LogP contribution < -0.4 is 19.4 Å². The number of nitrogens with zero attached hydrogens (tertiary/aromatic N) is 5. The van der Waals surface area contributed by atoms with Crippen LogP contribution >= 0.6 is 11.6 Å². The number of benzene rings is 6. The smallest absolute Gasteiger partial charge is 0.246 e. The number of hydrogen-bond acceptors (Lipinski definition) is 9. The van der Waals surface area contributed by atoms with Crippen LogP contribution in [0.5, 0.6) is 11.5 Å². The number of phenols is 1. The quantitative estimate of drug-likeness (QED) is 0.0823. The van der Waals surface area contributed by atoms with Crippen molar-refractivity contribution in [1.29, 1.82) is 0 Å². The van der Waals surface area contributed by atoms with Crippen molar-refractivity contribution in [3.05, 3.63) is 185 Å². The second kappa shape index (κ2) is 16.6. The van der Waals surface area contributed by atoms with Gasteiger partial charge in [0.15, 0.2) is 0 Å². The normalized spacial score (nSPS) is 23.6. The first-order valence-corrected chi connectivity index (χ1v) is 22.0. The second-order valence-corrected chi connectivity index (χ2v) is 17.7.